The van der Waals surface area contributed by atoms with Crippen LogP contribution in [0.3, 0.4) is 0 Å². The number of hydrogen-bond donors (Lipinski definition) is 1. The Morgan fingerprint density at radius 1 is 1.50 bits per heavy atom. The number of nitrogens with zero attached hydrogens (tertiary/aromatic N) is 1. The molecule has 0 atom stereocenters. The summed E-state index contributed by atoms with van der Waals surface area (Å²) in [5.41, 5.74) is 0. The first kappa shape index (κ1) is 9.52. The predicted molar refractivity (Wildman–Crippen MR) is 49.0 cm³/mol. The van der Waals surface area contributed by atoms with Gasteiger partial charge in [0.15, 0.2) is 0 Å². The highest BCUT2D eigenvalue weighted by molar-refractivity contribution is 5.76. The smallest absolute Gasteiger partial charge is 0.220 e. The van der Waals surface area contributed by atoms with Crippen LogP contribution in [0.2, 0.25) is 0 Å². The number of amides is 1. The number of carbonyl (C=O) groups excluding carboxylic acids is 1. The van der Waals surface area contributed by atoms with Crippen molar-refractivity contribution < 1.29 is 4.79 Å². The van der Waals surface area contributed by atoms with Gasteiger partial charge in [0, 0.05) is 12.5 Å². The lowest BCUT2D eigenvalue weighted by Crippen LogP contribution is -2.26. The number of hydrogen-bond acceptors (Lipinski definition) is 2. The zero-order valence-corrected chi connectivity index (χ0v) is 7.97. The fourth-order valence-electron chi connectivity index (χ4n) is 1.08. The topological polar surface area (TPSA) is 32.3 Å². The maximum Gasteiger partial charge on any atom is 0.220 e. The monoisotopic (exact) mass is 170 g/mol. The summed E-state index contributed by atoms with van der Waals surface area (Å²) in [6.07, 6.45) is 4.00. The largest absolute Gasteiger partial charge is 0.353 e. The molecule has 1 N–H and O–H groups in total. The maximum atomic E-state index is 11.1. The molecule has 0 aliphatic heterocycles. The van der Waals surface area contributed by atoms with Crippen LogP contribution in [-0.2, 0) is 4.79 Å². The SMILES string of the molecule is CN(C)CCCC(=O)NC1CC1. The van der Waals surface area contributed by atoms with Gasteiger partial charge in [0.05, 0.1) is 0 Å². The highest BCUT2D eigenvalue weighted by Crippen LogP contribution is 2.18. The zero-order chi connectivity index (χ0) is 8.97. The molecule has 3 nitrogen and oxygen atoms in total. The molecule has 0 aromatic heterocycles. The molecule has 12 heavy (non-hydrogen) atoms. The first-order valence-electron chi connectivity index (χ1n) is 4.62. The van der Waals surface area contributed by atoms with Crippen molar-refractivity contribution in [1.29, 1.82) is 0 Å². The molecule has 1 aliphatic rings. The fourth-order valence-corrected chi connectivity index (χ4v) is 1.08. The van der Waals surface area contributed by atoms with E-state index in [0.717, 1.165) is 13.0 Å². The van der Waals surface area contributed by atoms with E-state index in [9.17, 15) is 4.79 Å². The molecular formula is C9H18N2O. The molecule has 0 aromatic carbocycles. The van der Waals surface area contributed by atoms with E-state index in [1.165, 1.54) is 12.8 Å². The van der Waals surface area contributed by atoms with Crippen LogP contribution in [-0.4, -0.2) is 37.5 Å². The standard InChI is InChI=1S/C9H18N2O/c1-11(2)7-3-4-9(12)10-8-5-6-8/h8H,3-7H2,1-2H3,(H,10,12). The maximum absolute atomic E-state index is 11.1. The molecule has 1 amide bonds. The minimum Gasteiger partial charge on any atom is -0.353 e. The number of nitrogens with one attached hydrogen (secondary N) is 1. The van der Waals surface area contributed by atoms with Gasteiger partial charge in [-0.3, -0.25) is 4.79 Å². The van der Waals surface area contributed by atoms with Gasteiger partial charge in [0.25, 0.3) is 0 Å². The lowest BCUT2D eigenvalue weighted by molar-refractivity contribution is -0.121. The van der Waals surface area contributed by atoms with E-state index in [1.807, 2.05) is 14.1 Å². The molecule has 0 heterocycles. The van der Waals surface area contributed by atoms with Gasteiger partial charge in [-0.1, -0.05) is 0 Å². The van der Waals surface area contributed by atoms with Crippen LogP contribution < -0.4 is 5.32 Å². The van der Waals surface area contributed by atoms with Gasteiger partial charge < -0.3 is 10.2 Å². The van der Waals surface area contributed by atoms with E-state index in [-0.39, 0.29) is 5.91 Å². The van der Waals surface area contributed by atoms with Crippen LogP contribution in [0.1, 0.15) is 25.7 Å². The van der Waals surface area contributed by atoms with E-state index < -0.39 is 0 Å². The van der Waals surface area contributed by atoms with E-state index in [0.29, 0.717) is 12.5 Å². The van der Waals surface area contributed by atoms with Crippen LogP contribution in [0.4, 0.5) is 0 Å². The average molecular weight is 170 g/mol. The number of carbonyl (C=O) groups is 1. The lowest BCUT2D eigenvalue weighted by atomic mass is 10.3. The van der Waals surface area contributed by atoms with Gasteiger partial charge in [-0.25, -0.2) is 0 Å². The summed E-state index contributed by atoms with van der Waals surface area (Å²) >= 11 is 0. The Balaban J connectivity index is 1.94. The Labute approximate surface area is 74.1 Å². The van der Waals surface area contributed by atoms with Crippen LogP contribution in [0.15, 0.2) is 0 Å². The second kappa shape index (κ2) is 4.45. The third-order valence-electron chi connectivity index (χ3n) is 1.95. The molecule has 1 aliphatic carbocycles. The Morgan fingerprint density at radius 3 is 2.67 bits per heavy atom. The molecule has 1 saturated carbocycles. The van der Waals surface area contributed by atoms with Crippen molar-refractivity contribution in [2.75, 3.05) is 20.6 Å². The summed E-state index contributed by atoms with van der Waals surface area (Å²) in [6, 6.07) is 0.511. The van der Waals surface area contributed by atoms with Crippen molar-refractivity contribution in [3.05, 3.63) is 0 Å². The zero-order valence-electron chi connectivity index (χ0n) is 7.97. The summed E-state index contributed by atoms with van der Waals surface area (Å²) in [5.74, 6) is 0.222. The molecule has 0 unspecified atom stereocenters. The highest BCUT2D eigenvalue weighted by Gasteiger charge is 2.22. The Bertz CT molecular complexity index is 153. The average Bonchev–Trinajstić information content (AvgIpc) is 2.70. The summed E-state index contributed by atoms with van der Waals surface area (Å²) in [5, 5.41) is 2.97. The fraction of sp³-hybridized carbons (Fsp3) is 0.889. The van der Waals surface area contributed by atoms with Gasteiger partial charge in [0.2, 0.25) is 5.91 Å². The van der Waals surface area contributed by atoms with Crippen molar-refractivity contribution in [2.45, 2.75) is 31.7 Å². The van der Waals surface area contributed by atoms with Crippen molar-refractivity contribution in [1.82, 2.24) is 10.2 Å². The first-order valence-corrected chi connectivity index (χ1v) is 4.62. The minimum atomic E-state index is 0.222. The highest BCUT2D eigenvalue weighted by atomic mass is 16.1. The van der Waals surface area contributed by atoms with Crippen LogP contribution in [0.5, 0.6) is 0 Å². The Kier molecular flexibility index (Phi) is 3.53. The molecule has 0 saturated heterocycles. The van der Waals surface area contributed by atoms with Gasteiger partial charge in [-0.15, -0.1) is 0 Å². The van der Waals surface area contributed by atoms with E-state index in [2.05, 4.69) is 10.2 Å². The molecule has 0 bridgehead atoms. The quantitative estimate of drug-likeness (QED) is 0.655. The van der Waals surface area contributed by atoms with Gasteiger partial charge in [-0.05, 0) is 39.9 Å². The van der Waals surface area contributed by atoms with Crippen LogP contribution in [0, 0.1) is 0 Å². The lowest BCUT2D eigenvalue weighted by Gasteiger charge is -2.08. The van der Waals surface area contributed by atoms with Crippen molar-refractivity contribution in [3.63, 3.8) is 0 Å². The van der Waals surface area contributed by atoms with Crippen molar-refractivity contribution in [2.24, 2.45) is 0 Å². The summed E-state index contributed by atoms with van der Waals surface area (Å²) in [4.78, 5) is 13.2. The van der Waals surface area contributed by atoms with Crippen molar-refractivity contribution >= 4 is 5.91 Å². The first-order chi connectivity index (χ1) is 5.68. The number of rotatable bonds is 5. The van der Waals surface area contributed by atoms with Gasteiger partial charge >= 0.3 is 0 Å². The van der Waals surface area contributed by atoms with Crippen molar-refractivity contribution in [3.8, 4) is 0 Å². The molecule has 1 rings (SSSR count). The molecule has 1 fully saturated rings. The van der Waals surface area contributed by atoms with E-state index in [1.54, 1.807) is 0 Å². The summed E-state index contributed by atoms with van der Waals surface area (Å²) in [7, 11) is 4.05. The second-order valence-corrected chi connectivity index (χ2v) is 3.75. The normalized spacial score (nSPS) is 16.6. The van der Waals surface area contributed by atoms with Crippen LogP contribution in [0.25, 0.3) is 0 Å². The second-order valence-electron chi connectivity index (χ2n) is 3.75. The Hall–Kier alpha value is -0.570. The molecule has 0 radical (unpaired) electrons. The molecular weight excluding hydrogens is 152 g/mol. The van der Waals surface area contributed by atoms with E-state index in [4.69, 9.17) is 0 Å². The van der Waals surface area contributed by atoms with E-state index >= 15 is 0 Å². The van der Waals surface area contributed by atoms with Gasteiger partial charge in [-0.2, -0.15) is 0 Å². The third kappa shape index (κ3) is 4.34. The summed E-state index contributed by atoms with van der Waals surface area (Å²) in [6.45, 7) is 0.998. The molecule has 0 spiro atoms. The third-order valence-corrected chi connectivity index (χ3v) is 1.95. The van der Waals surface area contributed by atoms with Gasteiger partial charge in [0.1, 0.15) is 0 Å². The molecule has 0 aromatic rings. The minimum absolute atomic E-state index is 0.222. The Morgan fingerprint density at radius 2 is 2.17 bits per heavy atom. The van der Waals surface area contributed by atoms with Crippen LogP contribution >= 0.6 is 0 Å². The molecule has 70 valence electrons. The predicted octanol–water partition coefficient (Wildman–Crippen LogP) is 0.607. The summed E-state index contributed by atoms with van der Waals surface area (Å²) < 4.78 is 0. The molecule has 3 heteroatoms.